The van der Waals surface area contributed by atoms with E-state index in [0.29, 0.717) is 6.04 Å². The zero-order valence-electron chi connectivity index (χ0n) is 9.86. The summed E-state index contributed by atoms with van der Waals surface area (Å²) < 4.78 is 7.20. The molecule has 0 aliphatic heterocycles. The second kappa shape index (κ2) is 6.58. The lowest BCUT2D eigenvalue weighted by Crippen LogP contribution is -2.33. The quantitative estimate of drug-likeness (QED) is 0.739. The number of hydrogen-bond acceptors (Lipinski definition) is 3. The number of ether oxygens (including phenoxy) is 1. The van der Waals surface area contributed by atoms with Gasteiger partial charge in [0.2, 0.25) is 0 Å². The van der Waals surface area contributed by atoms with Crippen molar-refractivity contribution in [1.29, 1.82) is 0 Å². The van der Waals surface area contributed by atoms with E-state index in [1.807, 2.05) is 24.1 Å². The van der Waals surface area contributed by atoms with Crippen molar-refractivity contribution in [2.24, 2.45) is 7.05 Å². The van der Waals surface area contributed by atoms with Crippen molar-refractivity contribution >= 4 is 0 Å². The van der Waals surface area contributed by atoms with Crippen LogP contribution in [0.15, 0.2) is 12.5 Å². The molecular weight excluding hydrogens is 190 g/mol. The first kappa shape index (κ1) is 12.2. The Balaban J connectivity index is 2.36. The summed E-state index contributed by atoms with van der Waals surface area (Å²) in [6.45, 7) is 3.81. The third-order valence-electron chi connectivity index (χ3n) is 2.49. The molecule has 1 heterocycles. The number of nitrogens with zero attached hydrogens (tertiary/aromatic N) is 2. The molecule has 15 heavy (non-hydrogen) atoms. The monoisotopic (exact) mass is 211 g/mol. The Morgan fingerprint density at radius 1 is 1.60 bits per heavy atom. The summed E-state index contributed by atoms with van der Waals surface area (Å²) in [6.07, 6.45) is 6.03. The van der Waals surface area contributed by atoms with Gasteiger partial charge in [-0.15, -0.1) is 0 Å². The van der Waals surface area contributed by atoms with E-state index in [9.17, 15) is 0 Å². The Bertz CT molecular complexity index is 267. The first-order valence-electron chi connectivity index (χ1n) is 5.45. The Kier molecular flexibility index (Phi) is 5.36. The number of methoxy groups -OCH3 is 1. The van der Waals surface area contributed by atoms with Crippen LogP contribution in [0, 0.1) is 0 Å². The lowest BCUT2D eigenvalue weighted by atomic mass is 10.2. The molecule has 4 heteroatoms. The van der Waals surface area contributed by atoms with Crippen LogP contribution < -0.4 is 5.32 Å². The molecule has 4 nitrogen and oxygen atoms in total. The van der Waals surface area contributed by atoms with Crippen molar-refractivity contribution < 1.29 is 4.74 Å². The molecule has 1 atom stereocenters. The van der Waals surface area contributed by atoms with Crippen LogP contribution in [0.3, 0.4) is 0 Å². The smallest absolute Gasteiger partial charge is 0.0945 e. The van der Waals surface area contributed by atoms with Gasteiger partial charge in [-0.3, -0.25) is 0 Å². The second-order valence-corrected chi connectivity index (χ2v) is 3.82. The maximum atomic E-state index is 5.17. The van der Waals surface area contributed by atoms with E-state index in [1.54, 1.807) is 7.11 Å². The summed E-state index contributed by atoms with van der Waals surface area (Å²) in [5.74, 6) is 0. The molecule has 86 valence electrons. The zero-order valence-corrected chi connectivity index (χ0v) is 9.86. The van der Waals surface area contributed by atoms with Gasteiger partial charge < -0.3 is 14.6 Å². The number of aryl methyl sites for hydroxylation is 1. The average Bonchev–Trinajstić information content (AvgIpc) is 2.61. The van der Waals surface area contributed by atoms with Crippen LogP contribution >= 0.6 is 0 Å². The van der Waals surface area contributed by atoms with Gasteiger partial charge >= 0.3 is 0 Å². The molecule has 1 aromatic rings. The van der Waals surface area contributed by atoms with Gasteiger partial charge in [-0.25, -0.2) is 4.98 Å². The molecule has 1 unspecified atom stereocenters. The molecule has 0 radical (unpaired) electrons. The number of imidazole rings is 1. The summed E-state index contributed by atoms with van der Waals surface area (Å²) in [5.41, 5.74) is 1.20. The summed E-state index contributed by atoms with van der Waals surface area (Å²) in [4.78, 5) is 4.08. The minimum absolute atomic E-state index is 0.440. The number of hydrogen-bond donors (Lipinski definition) is 1. The van der Waals surface area contributed by atoms with E-state index in [2.05, 4.69) is 17.2 Å². The van der Waals surface area contributed by atoms with Crippen LogP contribution in [0.25, 0.3) is 0 Å². The molecule has 0 fully saturated rings. The minimum Gasteiger partial charge on any atom is -0.383 e. The largest absolute Gasteiger partial charge is 0.383 e. The van der Waals surface area contributed by atoms with Crippen molar-refractivity contribution in [3.8, 4) is 0 Å². The SMILES string of the molecule is CCCC(COC)NCc1cncn1C. The van der Waals surface area contributed by atoms with E-state index < -0.39 is 0 Å². The predicted octanol–water partition coefficient (Wildman–Crippen LogP) is 1.32. The van der Waals surface area contributed by atoms with Gasteiger partial charge in [0.25, 0.3) is 0 Å². The fourth-order valence-corrected chi connectivity index (χ4v) is 1.60. The molecule has 1 rings (SSSR count). The van der Waals surface area contributed by atoms with Gasteiger partial charge in [0.05, 0.1) is 18.6 Å². The molecule has 0 saturated carbocycles. The summed E-state index contributed by atoms with van der Waals surface area (Å²) in [7, 11) is 3.75. The standard InChI is InChI=1S/C11H21N3O/c1-4-5-10(8-15-3)13-7-11-6-12-9-14(11)2/h6,9-10,13H,4-5,7-8H2,1-3H3. The second-order valence-electron chi connectivity index (χ2n) is 3.82. The number of aromatic nitrogens is 2. The van der Waals surface area contributed by atoms with Crippen LogP contribution in [0.1, 0.15) is 25.5 Å². The Morgan fingerprint density at radius 2 is 2.40 bits per heavy atom. The van der Waals surface area contributed by atoms with Crippen LogP contribution in [0.4, 0.5) is 0 Å². The first-order valence-corrected chi connectivity index (χ1v) is 5.45. The molecule has 0 bridgehead atoms. The van der Waals surface area contributed by atoms with Gasteiger partial charge in [-0.2, -0.15) is 0 Å². The summed E-state index contributed by atoms with van der Waals surface area (Å²) >= 11 is 0. The molecule has 1 N–H and O–H groups in total. The lowest BCUT2D eigenvalue weighted by molar-refractivity contribution is 0.161. The van der Waals surface area contributed by atoms with Crippen molar-refractivity contribution in [3.63, 3.8) is 0 Å². The Labute approximate surface area is 91.7 Å². The first-order chi connectivity index (χ1) is 7.27. The van der Waals surface area contributed by atoms with Crippen molar-refractivity contribution in [2.45, 2.75) is 32.4 Å². The lowest BCUT2D eigenvalue weighted by Gasteiger charge is -2.17. The zero-order chi connectivity index (χ0) is 11.1. The van der Waals surface area contributed by atoms with E-state index in [-0.39, 0.29) is 0 Å². The van der Waals surface area contributed by atoms with Crippen molar-refractivity contribution in [2.75, 3.05) is 13.7 Å². The Hall–Kier alpha value is -0.870. The third kappa shape index (κ3) is 4.01. The molecule has 0 spiro atoms. The molecule has 1 aromatic heterocycles. The van der Waals surface area contributed by atoms with E-state index in [0.717, 1.165) is 19.6 Å². The minimum atomic E-state index is 0.440. The topological polar surface area (TPSA) is 39.1 Å². The van der Waals surface area contributed by atoms with Crippen molar-refractivity contribution in [3.05, 3.63) is 18.2 Å². The van der Waals surface area contributed by atoms with Gasteiger partial charge in [0.1, 0.15) is 0 Å². The van der Waals surface area contributed by atoms with E-state index in [4.69, 9.17) is 4.74 Å². The highest BCUT2D eigenvalue weighted by molar-refractivity contribution is 4.97. The van der Waals surface area contributed by atoms with Gasteiger partial charge in [0.15, 0.2) is 0 Å². The summed E-state index contributed by atoms with van der Waals surface area (Å²) in [6, 6.07) is 0.440. The maximum absolute atomic E-state index is 5.17. The summed E-state index contributed by atoms with van der Waals surface area (Å²) in [5, 5.41) is 3.48. The number of nitrogens with one attached hydrogen (secondary N) is 1. The highest BCUT2D eigenvalue weighted by atomic mass is 16.5. The molecular formula is C11H21N3O. The fraction of sp³-hybridized carbons (Fsp3) is 0.727. The van der Waals surface area contributed by atoms with Crippen LogP contribution in [0.2, 0.25) is 0 Å². The highest BCUT2D eigenvalue weighted by Crippen LogP contribution is 2.01. The van der Waals surface area contributed by atoms with Crippen LogP contribution in [0.5, 0.6) is 0 Å². The van der Waals surface area contributed by atoms with E-state index >= 15 is 0 Å². The molecule has 0 aliphatic carbocycles. The van der Waals surface area contributed by atoms with Crippen LogP contribution in [-0.2, 0) is 18.3 Å². The van der Waals surface area contributed by atoms with Gasteiger partial charge in [-0.1, -0.05) is 13.3 Å². The maximum Gasteiger partial charge on any atom is 0.0945 e. The predicted molar refractivity (Wildman–Crippen MR) is 60.6 cm³/mol. The fourth-order valence-electron chi connectivity index (χ4n) is 1.60. The molecule has 0 saturated heterocycles. The van der Waals surface area contributed by atoms with Gasteiger partial charge in [0, 0.05) is 32.9 Å². The normalized spacial score (nSPS) is 13.0. The van der Waals surface area contributed by atoms with Crippen molar-refractivity contribution in [1.82, 2.24) is 14.9 Å². The third-order valence-corrected chi connectivity index (χ3v) is 2.49. The van der Waals surface area contributed by atoms with Crippen LogP contribution in [-0.4, -0.2) is 29.3 Å². The molecule has 0 aliphatic rings. The Morgan fingerprint density at radius 3 is 2.93 bits per heavy atom. The average molecular weight is 211 g/mol. The van der Waals surface area contributed by atoms with E-state index in [1.165, 1.54) is 12.1 Å². The number of rotatable bonds is 7. The molecule has 0 amide bonds. The molecule has 0 aromatic carbocycles. The highest BCUT2D eigenvalue weighted by Gasteiger charge is 2.07. The van der Waals surface area contributed by atoms with Gasteiger partial charge in [-0.05, 0) is 6.42 Å².